The first-order chi connectivity index (χ1) is 23.6. The minimum atomic E-state index is -1.61. The smallest absolute Gasteiger partial charge is 0.306 e. The number of ketones is 1. The topological polar surface area (TPSA) is 171 Å². The molecule has 282 valence electrons. The van der Waals surface area contributed by atoms with Crippen LogP contribution in [0.1, 0.15) is 82.1 Å². The number of ether oxygens (including phenoxy) is 6. The Labute approximate surface area is 299 Å². The molecule has 8 rings (SSSR count). The van der Waals surface area contributed by atoms with Crippen LogP contribution in [0.5, 0.6) is 0 Å². The van der Waals surface area contributed by atoms with E-state index in [4.69, 9.17) is 28.4 Å². The van der Waals surface area contributed by atoms with Crippen LogP contribution in [0.2, 0.25) is 0 Å². The van der Waals surface area contributed by atoms with Gasteiger partial charge in [0, 0.05) is 54.8 Å². The van der Waals surface area contributed by atoms with E-state index < -0.39 is 124 Å². The van der Waals surface area contributed by atoms with E-state index in [2.05, 4.69) is 6.58 Å². The number of aliphatic hydroxyl groups is 2. The number of carbonyl (C=O) groups is 4. The number of fused-ring (bicyclic) bond motifs is 9. The fraction of sp³-hybridized carbons (Fsp3) is 0.846. The molecule has 3 aliphatic heterocycles. The lowest BCUT2D eigenvalue weighted by Gasteiger charge is -2.65. The van der Waals surface area contributed by atoms with Crippen molar-refractivity contribution >= 4 is 23.7 Å². The highest BCUT2D eigenvalue weighted by Crippen LogP contribution is 2.81. The number of esters is 3. The van der Waals surface area contributed by atoms with E-state index in [0.29, 0.717) is 6.42 Å². The van der Waals surface area contributed by atoms with Gasteiger partial charge in [0.05, 0.1) is 17.6 Å². The normalized spacial score (nSPS) is 56.9. The molecule has 5 saturated carbocycles. The number of hydrogen-bond donors (Lipinski definition) is 2. The maximum Gasteiger partial charge on any atom is 0.306 e. The zero-order chi connectivity index (χ0) is 37.3. The minimum Gasteiger partial charge on any atom is -0.462 e. The first-order valence-corrected chi connectivity index (χ1v) is 18.8. The predicted molar refractivity (Wildman–Crippen MR) is 177 cm³/mol. The molecule has 2 N–H and O–H groups in total. The third-order valence-electron chi connectivity index (χ3n) is 15.8. The highest BCUT2D eigenvalue weighted by molar-refractivity contribution is 5.90. The van der Waals surface area contributed by atoms with E-state index in [1.54, 1.807) is 6.92 Å². The molecule has 0 radical (unpaired) electrons. The molecule has 20 atom stereocenters. The van der Waals surface area contributed by atoms with Crippen molar-refractivity contribution in [2.75, 3.05) is 0 Å². The molecule has 0 aromatic rings. The summed E-state index contributed by atoms with van der Waals surface area (Å²) >= 11 is 0. The predicted octanol–water partition coefficient (Wildman–Crippen LogP) is 3.34. The molecule has 0 aromatic heterocycles. The highest BCUT2D eigenvalue weighted by atomic mass is 16.8. The summed E-state index contributed by atoms with van der Waals surface area (Å²) in [4.78, 5) is 54.7. The molecule has 8 aliphatic rings. The molecule has 12 nitrogen and oxygen atoms in total. The van der Waals surface area contributed by atoms with Crippen molar-refractivity contribution in [1.29, 1.82) is 0 Å². The molecular weight excluding hydrogens is 660 g/mol. The Hall–Kier alpha value is -2.54. The van der Waals surface area contributed by atoms with Crippen molar-refractivity contribution in [3.63, 3.8) is 0 Å². The highest BCUT2D eigenvalue weighted by Gasteiger charge is 2.91. The summed E-state index contributed by atoms with van der Waals surface area (Å²) < 4.78 is 37.5. The van der Waals surface area contributed by atoms with Crippen LogP contribution in [0.15, 0.2) is 12.3 Å². The van der Waals surface area contributed by atoms with Gasteiger partial charge in [0.1, 0.15) is 35.8 Å². The Morgan fingerprint density at radius 2 is 1.55 bits per heavy atom. The fourth-order valence-corrected chi connectivity index (χ4v) is 13.9. The van der Waals surface area contributed by atoms with Gasteiger partial charge >= 0.3 is 17.9 Å². The van der Waals surface area contributed by atoms with Crippen LogP contribution in [0.25, 0.3) is 0 Å². The Kier molecular flexibility index (Phi) is 7.35. The molecule has 3 heterocycles. The summed E-state index contributed by atoms with van der Waals surface area (Å²) in [7, 11) is 0. The van der Waals surface area contributed by atoms with E-state index in [9.17, 15) is 24.6 Å². The molecule has 3 saturated heterocycles. The van der Waals surface area contributed by atoms with Gasteiger partial charge < -0.3 is 38.6 Å². The van der Waals surface area contributed by atoms with Gasteiger partial charge in [0.15, 0.2) is 11.9 Å². The molecule has 1 spiro atoms. The summed E-state index contributed by atoms with van der Waals surface area (Å²) in [5.74, 6) is -7.42. The van der Waals surface area contributed by atoms with E-state index in [0.717, 1.165) is 0 Å². The van der Waals surface area contributed by atoms with Gasteiger partial charge in [0.2, 0.25) is 5.79 Å². The minimum absolute atomic E-state index is 0.00624. The van der Waals surface area contributed by atoms with Crippen LogP contribution in [-0.4, -0.2) is 88.0 Å². The van der Waals surface area contributed by atoms with Crippen molar-refractivity contribution < 1.29 is 57.8 Å². The number of epoxide rings is 2. The summed E-state index contributed by atoms with van der Waals surface area (Å²) in [6, 6.07) is 0. The first kappa shape index (κ1) is 35.5. The van der Waals surface area contributed by atoms with E-state index >= 15 is 4.79 Å². The van der Waals surface area contributed by atoms with Gasteiger partial charge in [-0.2, -0.15) is 0 Å². The van der Waals surface area contributed by atoms with Crippen LogP contribution in [0, 0.1) is 69.5 Å². The second-order valence-corrected chi connectivity index (χ2v) is 18.5. The lowest BCUT2D eigenvalue weighted by atomic mass is 9.39. The van der Waals surface area contributed by atoms with Gasteiger partial charge in [0.25, 0.3) is 0 Å². The van der Waals surface area contributed by atoms with E-state index in [1.807, 2.05) is 48.5 Å². The van der Waals surface area contributed by atoms with Gasteiger partial charge in [-0.25, -0.2) is 0 Å². The second kappa shape index (κ2) is 10.6. The Bertz CT molecular complexity index is 1610. The zero-order valence-electron chi connectivity index (χ0n) is 31.3. The third-order valence-corrected chi connectivity index (χ3v) is 15.8. The van der Waals surface area contributed by atoms with Crippen molar-refractivity contribution in [3.05, 3.63) is 12.3 Å². The van der Waals surface area contributed by atoms with Crippen molar-refractivity contribution in [1.82, 2.24) is 0 Å². The van der Waals surface area contributed by atoms with Gasteiger partial charge in [-0.05, 0) is 49.9 Å². The maximum atomic E-state index is 15.4. The quantitative estimate of drug-likeness (QED) is 0.242. The summed E-state index contributed by atoms with van der Waals surface area (Å²) in [6.45, 7) is 22.1. The number of hydrogen-bond acceptors (Lipinski definition) is 12. The molecule has 0 amide bonds. The SMILES string of the molecule is C=C1O[C@@]23O[C@@H]2[C@@H](C)[C@H]2[C@@H]([C@H](O)[C@H]4[C@@H]5C(=O)C(OC(=O)CC(C)C)[C@H]6C[C@@H]7O[C@@H]7[C@H](OC(C)=O)[C@]6(C)[C@H]5[C@H](C)[C@H](OC(C)=O)[C@@]42C)[C@@]3(C)[C@]1(C)O. The van der Waals surface area contributed by atoms with Gasteiger partial charge in [-0.15, -0.1) is 0 Å². The first-order valence-electron chi connectivity index (χ1n) is 18.8. The largest absolute Gasteiger partial charge is 0.462 e. The number of rotatable bonds is 5. The molecule has 51 heavy (non-hydrogen) atoms. The fourth-order valence-electron chi connectivity index (χ4n) is 13.9. The molecular formula is C39H54O12. The number of aliphatic hydroxyl groups excluding tert-OH is 1. The molecule has 8 fully saturated rings. The number of Topliss-reactive ketones (excluding diaryl/α,β-unsaturated/α-hetero) is 1. The van der Waals surface area contributed by atoms with Crippen LogP contribution >= 0.6 is 0 Å². The molecule has 1 unspecified atom stereocenters. The summed E-state index contributed by atoms with van der Waals surface area (Å²) in [5.41, 5.74) is -4.78. The zero-order valence-corrected chi connectivity index (χ0v) is 31.3. The van der Waals surface area contributed by atoms with Crippen molar-refractivity contribution in [3.8, 4) is 0 Å². The second-order valence-electron chi connectivity index (χ2n) is 18.5. The molecule has 0 aromatic carbocycles. The van der Waals surface area contributed by atoms with Crippen LogP contribution in [-0.2, 0) is 47.6 Å². The molecule has 5 aliphatic carbocycles. The Balaban J connectivity index is 1.34. The average molecular weight is 715 g/mol. The maximum absolute atomic E-state index is 15.4. The molecule has 0 bridgehead atoms. The van der Waals surface area contributed by atoms with Crippen LogP contribution in [0.4, 0.5) is 0 Å². The Morgan fingerprint density at radius 1 is 0.922 bits per heavy atom. The third kappa shape index (κ3) is 4.06. The van der Waals surface area contributed by atoms with Crippen molar-refractivity contribution in [2.24, 2.45) is 69.5 Å². The Morgan fingerprint density at radius 3 is 2.16 bits per heavy atom. The van der Waals surface area contributed by atoms with E-state index in [-0.39, 0.29) is 35.9 Å². The summed E-state index contributed by atoms with van der Waals surface area (Å²) in [6.07, 6.45) is -4.49. The van der Waals surface area contributed by atoms with Gasteiger partial charge in [-0.1, -0.05) is 48.1 Å². The lowest BCUT2D eigenvalue weighted by Crippen LogP contribution is -2.72. The lowest BCUT2D eigenvalue weighted by molar-refractivity contribution is -0.249. The van der Waals surface area contributed by atoms with Crippen LogP contribution in [0.3, 0.4) is 0 Å². The average Bonchev–Trinajstić information content (AvgIpc) is 3.92. The van der Waals surface area contributed by atoms with E-state index in [1.165, 1.54) is 13.8 Å². The van der Waals surface area contributed by atoms with Crippen molar-refractivity contribution in [2.45, 2.75) is 136 Å². The number of carbonyl (C=O) groups excluding carboxylic acids is 4. The molecule has 12 heteroatoms. The van der Waals surface area contributed by atoms with Crippen LogP contribution < -0.4 is 0 Å². The summed E-state index contributed by atoms with van der Waals surface area (Å²) in [5, 5.41) is 25.2. The standard InChI is InChI=1S/C39H54O12/c1-14(2)12-22(42)49-30-20-13-21-31(48-21)34(47-19(7)41)35(20,8)24-15(3)32(46-18(6)40)36(9)25-16(4)33-39(51-33)37(10,38(11,45)17(5)50-39)27(25)29(44)26(36)23(24)28(30)43/h14-16,20-21,23-27,29-34,44-45H,5,12-13H2,1-4,6-11H3/t15-,16-,20+,21-,23+,24-,25-,26+,27-,29+,30?,31-,32-,33+,34-,35-,36+,37-,38+,39+/m0/s1. The monoisotopic (exact) mass is 714 g/mol. The van der Waals surface area contributed by atoms with Gasteiger partial charge in [-0.3, -0.25) is 19.2 Å².